The van der Waals surface area contributed by atoms with Crippen molar-refractivity contribution in [1.82, 2.24) is 4.98 Å². The molecule has 4 nitrogen and oxygen atoms in total. The molecule has 0 unspecified atom stereocenters. The normalized spacial score (nSPS) is 10.4. The molecule has 1 aromatic heterocycles. The number of nitrogens with one attached hydrogen (secondary N) is 2. The van der Waals surface area contributed by atoms with Gasteiger partial charge in [0.15, 0.2) is 0 Å². The highest BCUT2D eigenvalue weighted by Gasteiger charge is 2.08. The van der Waals surface area contributed by atoms with E-state index in [-0.39, 0.29) is 16.5 Å². The molecule has 25 heavy (non-hydrogen) atoms. The largest absolute Gasteiger partial charge is 0.354 e. The van der Waals surface area contributed by atoms with E-state index in [4.69, 9.17) is 11.6 Å². The summed E-state index contributed by atoms with van der Waals surface area (Å²) in [5.41, 5.74) is 1.88. The third-order valence-corrected chi connectivity index (χ3v) is 3.60. The first-order chi connectivity index (χ1) is 12.0. The number of hydrogen-bond acceptors (Lipinski definition) is 3. The summed E-state index contributed by atoms with van der Waals surface area (Å²) in [6, 6.07) is 12.9. The Bertz CT molecular complexity index is 899. The average molecular weight is 360 g/mol. The molecule has 0 aliphatic heterocycles. The third-order valence-electron chi connectivity index (χ3n) is 3.31. The molecule has 3 rings (SSSR count). The predicted molar refractivity (Wildman–Crippen MR) is 93.3 cm³/mol. The first kappa shape index (κ1) is 16.9. The van der Waals surface area contributed by atoms with E-state index in [9.17, 15) is 13.6 Å². The van der Waals surface area contributed by atoms with E-state index in [1.54, 1.807) is 6.07 Å². The fraction of sp³-hybridized carbons (Fsp3) is 0. The van der Waals surface area contributed by atoms with Gasteiger partial charge in [-0.25, -0.2) is 13.8 Å². The van der Waals surface area contributed by atoms with Crippen LogP contribution in [0.15, 0.2) is 60.8 Å². The standard InChI is InChI=1S/C18H12ClF2N3O/c19-15-9-13(5-7-16(15)21)23-14-6-8-17(22-10-14)18(25)24-12-3-1-11(20)2-4-12/h1-10,23H,(H,24,25). The Hall–Kier alpha value is -2.99. The molecule has 0 aliphatic carbocycles. The Morgan fingerprint density at radius 3 is 2.24 bits per heavy atom. The van der Waals surface area contributed by atoms with Gasteiger partial charge in [-0.3, -0.25) is 4.79 Å². The summed E-state index contributed by atoms with van der Waals surface area (Å²) in [5, 5.41) is 5.64. The minimum atomic E-state index is -0.502. The van der Waals surface area contributed by atoms with Crippen molar-refractivity contribution < 1.29 is 13.6 Å². The van der Waals surface area contributed by atoms with E-state index in [2.05, 4.69) is 15.6 Å². The van der Waals surface area contributed by atoms with Crippen LogP contribution in [0.2, 0.25) is 5.02 Å². The lowest BCUT2D eigenvalue weighted by Crippen LogP contribution is -2.13. The lowest BCUT2D eigenvalue weighted by molar-refractivity contribution is 0.102. The minimum Gasteiger partial charge on any atom is -0.354 e. The fourth-order valence-corrected chi connectivity index (χ4v) is 2.25. The van der Waals surface area contributed by atoms with Crippen LogP contribution in [0.3, 0.4) is 0 Å². The quantitative estimate of drug-likeness (QED) is 0.688. The Morgan fingerprint density at radius 1 is 0.920 bits per heavy atom. The number of halogens is 3. The third kappa shape index (κ3) is 4.30. The second-order valence-corrected chi connectivity index (χ2v) is 5.55. The predicted octanol–water partition coefficient (Wildman–Crippen LogP) is 5.01. The molecule has 0 saturated heterocycles. The van der Waals surface area contributed by atoms with Gasteiger partial charge in [-0.1, -0.05) is 11.6 Å². The summed E-state index contributed by atoms with van der Waals surface area (Å²) >= 11 is 5.73. The van der Waals surface area contributed by atoms with Gasteiger partial charge in [0, 0.05) is 11.4 Å². The molecule has 0 atom stereocenters. The number of pyridine rings is 1. The molecule has 0 fully saturated rings. The van der Waals surface area contributed by atoms with Gasteiger partial charge >= 0.3 is 0 Å². The highest BCUT2D eigenvalue weighted by atomic mass is 35.5. The van der Waals surface area contributed by atoms with Crippen molar-refractivity contribution in [2.24, 2.45) is 0 Å². The second-order valence-electron chi connectivity index (χ2n) is 5.15. The first-order valence-corrected chi connectivity index (χ1v) is 7.64. The molecule has 0 aliphatic rings. The number of anilines is 3. The van der Waals surface area contributed by atoms with E-state index in [0.29, 0.717) is 17.1 Å². The van der Waals surface area contributed by atoms with Gasteiger partial charge in [0.2, 0.25) is 0 Å². The monoisotopic (exact) mass is 359 g/mol. The van der Waals surface area contributed by atoms with Crippen LogP contribution < -0.4 is 10.6 Å². The zero-order valence-electron chi connectivity index (χ0n) is 12.8. The smallest absolute Gasteiger partial charge is 0.274 e. The van der Waals surface area contributed by atoms with Crippen LogP contribution in [0.5, 0.6) is 0 Å². The second kappa shape index (κ2) is 7.27. The van der Waals surface area contributed by atoms with Crippen LogP contribution in [0.1, 0.15) is 10.5 Å². The van der Waals surface area contributed by atoms with E-state index in [1.807, 2.05) is 0 Å². The molecule has 3 aromatic rings. The Kier molecular flexibility index (Phi) is 4.90. The topological polar surface area (TPSA) is 54.0 Å². The maximum atomic E-state index is 13.1. The fourth-order valence-electron chi connectivity index (χ4n) is 2.07. The van der Waals surface area contributed by atoms with Crippen molar-refractivity contribution in [2.45, 2.75) is 0 Å². The highest BCUT2D eigenvalue weighted by Crippen LogP contribution is 2.22. The number of carbonyl (C=O) groups is 1. The Labute approximate surface area is 147 Å². The van der Waals surface area contributed by atoms with Crippen molar-refractivity contribution in [1.29, 1.82) is 0 Å². The van der Waals surface area contributed by atoms with Crippen molar-refractivity contribution in [3.8, 4) is 0 Å². The number of carbonyl (C=O) groups excluding carboxylic acids is 1. The van der Waals surface area contributed by atoms with Gasteiger partial charge in [0.1, 0.15) is 17.3 Å². The summed E-state index contributed by atoms with van der Waals surface area (Å²) < 4.78 is 26.0. The molecule has 0 spiro atoms. The number of aromatic nitrogens is 1. The van der Waals surface area contributed by atoms with E-state index < -0.39 is 11.7 Å². The molecule has 126 valence electrons. The van der Waals surface area contributed by atoms with Gasteiger partial charge in [0.25, 0.3) is 5.91 Å². The van der Waals surface area contributed by atoms with Crippen LogP contribution in [0.4, 0.5) is 25.8 Å². The highest BCUT2D eigenvalue weighted by molar-refractivity contribution is 6.31. The van der Waals surface area contributed by atoms with Crippen LogP contribution in [-0.4, -0.2) is 10.9 Å². The van der Waals surface area contributed by atoms with Gasteiger partial charge in [-0.15, -0.1) is 0 Å². The van der Waals surface area contributed by atoms with Crippen molar-refractivity contribution in [3.05, 3.63) is 83.1 Å². The van der Waals surface area contributed by atoms with E-state index in [1.165, 1.54) is 54.7 Å². The molecular weight excluding hydrogens is 348 g/mol. The van der Waals surface area contributed by atoms with Crippen molar-refractivity contribution in [2.75, 3.05) is 10.6 Å². The minimum absolute atomic E-state index is 0.00764. The van der Waals surface area contributed by atoms with Crippen LogP contribution in [0, 0.1) is 11.6 Å². The lowest BCUT2D eigenvalue weighted by Gasteiger charge is -2.08. The average Bonchev–Trinajstić information content (AvgIpc) is 2.61. The van der Waals surface area contributed by atoms with Crippen molar-refractivity contribution >= 4 is 34.6 Å². The Balaban J connectivity index is 1.67. The van der Waals surface area contributed by atoms with Crippen molar-refractivity contribution in [3.63, 3.8) is 0 Å². The maximum absolute atomic E-state index is 13.1. The van der Waals surface area contributed by atoms with E-state index >= 15 is 0 Å². The van der Waals surface area contributed by atoms with E-state index in [0.717, 1.165) is 0 Å². The van der Waals surface area contributed by atoms with Gasteiger partial charge < -0.3 is 10.6 Å². The molecule has 2 N–H and O–H groups in total. The number of rotatable bonds is 4. The molecular formula is C18H12ClF2N3O. The SMILES string of the molecule is O=C(Nc1ccc(F)cc1)c1ccc(Nc2ccc(F)c(Cl)c2)cn1. The molecule has 0 radical (unpaired) electrons. The van der Waals surface area contributed by atoms with Crippen LogP contribution in [-0.2, 0) is 0 Å². The molecule has 2 aromatic carbocycles. The number of benzene rings is 2. The molecule has 0 saturated carbocycles. The summed E-state index contributed by atoms with van der Waals surface area (Å²) in [4.78, 5) is 16.2. The molecule has 0 bridgehead atoms. The molecule has 7 heteroatoms. The first-order valence-electron chi connectivity index (χ1n) is 7.26. The van der Waals surface area contributed by atoms with Gasteiger partial charge in [-0.2, -0.15) is 0 Å². The number of nitrogens with zero attached hydrogens (tertiary/aromatic N) is 1. The molecule has 1 heterocycles. The summed E-state index contributed by atoms with van der Waals surface area (Å²) in [6.07, 6.45) is 1.47. The number of amides is 1. The number of hydrogen-bond donors (Lipinski definition) is 2. The zero-order valence-corrected chi connectivity index (χ0v) is 13.5. The Morgan fingerprint density at radius 2 is 1.60 bits per heavy atom. The lowest BCUT2D eigenvalue weighted by atomic mass is 10.2. The van der Waals surface area contributed by atoms with Gasteiger partial charge in [-0.05, 0) is 54.6 Å². The zero-order chi connectivity index (χ0) is 17.8. The summed E-state index contributed by atoms with van der Waals surface area (Å²) in [5.74, 6) is -1.30. The van der Waals surface area contributed by atoms with Crippen LogP contribution in [0.25, 0.3) is 0 Å². The molecule has 1 amide bonds. The van der Waals surface area contributed by atoms with Crippen LogP contribution >= 0.6 is 11.6 Å². The van der Waals surface area contributed by atoms with Gasteiger partial charge in [0.05, 0.1) is 16.9 Å². The maximum Gasteiger partial charge on any atom is 0.274 e. The summed E-state index contributed by atoms with van der Waals surface area (Å²) in [6.45, 7) is 0. The summed E-state index contributed by atoms with van der Waals surface area (Å²) in [7, 11) is 0.